The summed E-state index contributed by atoms with van der Waals surface area (Å²) in [4.78, 5) is 25.3. The molecular formula is C15H28N2O3. The van der Waals surface area contributed by atoms with E-state index in [4.69, 9.17) is 0 Å². The van der Waals surface area contributed by atoms with E-state index in [-0.39, 0.29) is 17.4 Å². The van der Waals surface area contributed by atoms with Gasteiger partial charge in [-0.3, -0.25) is 9.59 Å². The molecule has 0 aromatic carbocycles. The molecule has 0 aliphatic carbocycles. The van der Waals surface area contributed by atoms with Crippen molar-refractivity contribution in [1.29, 1.82) is 0 Å². The molecule has 1 rings (SSSR count). The maximum Gasteiger partial charge on any atom is 0.309 e. The fourth-order valence-electron chi connectivity index (χ4n) is 2.42. The number of amides is 1. The molecule has 0 radical (unpaired) electrons. The van der Waals surface area contributed by atoms with E-state index in [2.05, 4.69) is 5.32 Å². The van der Waals surface area contributed by atoms with Crippen molar-refractivity contribution in [1.82, 2.24) is 10.2 Å². The van der Waals surface area contributed by atoms with Crippen LogP contribution in [-0.4, -0.2) is 47.1 Å². The summed E-state index contributed by atoms with van der Waals surface area (Å²) >= 11 is 0. The van der Waals surface area contributed by atoms with E-state index >= 15 is 0 Å². The quantitative estimate of drug-likeness (QED) is 0.825. The van der Waals surface area contributed by atoms with Gasteiger partial charge in [-0.1, -0.05) is 0 Å². The van der Waals surface area contributed by atoms with Gasteiger partial charge < -0.3 is 15.3 Å². The highest BCUT2D eigenvalue weighted by Crippen LogP contribution is 2.34. The summed E-state index contributed by atoms with van der Waals surface area (Å²) < 4.78 is 0. The summed E-state index contributed by atoms with van der Waals surface area (Å²) in [5, 5.41) is 12.5. The van der Waals surface area contributed by atoms with Crippen LogP contribution in [-0.2, 0) is 9.59 Å². The van der Waals surface area contributed by atoms with E-state index in [9.17, 15) is 14.7 Å². The van der Waals surface area contributed by atoms with Crippen molar-refractivity contribution in [2.45, 2.75) is 53.0 Å². The first-order valence-electron chi connectivity index (χ1n) is 7.30. The minimum atomic E-state index is -0.787. The van der Waals surface area contributed by atoms with Gasteiger partial charge in [0, 0.05) is 18.6 Å². The second-order valence-corrected chi connectivity index (χ2v) is 7.31. The Labute approximate surface area is 121 Å². The van der Waals surface area contributed by atoms with Crippen LogP contribution in [0.1, 0.15) is 47.5 Å². The van der Waals surface area contributed by atoms with Gasteiger partial charge in [-0.25, -0.2) is 0 Å². The monoisotopic (exact) mass is 284 g/mol. The van der Waals surface area contributed by atoms with Crippen LogP contribution >= 0.6 is 0 Å². The summed E-state index contributed by atoms with van der Waals surface area (Å²) in [6.07, 6.45) is 1.75. The van der Waals surface area contributed by atoms with E-state index in [1.54, 1.807) is 18.7 Å². The molecule has 1 aliphatic heterocycles. The number of nitrogens with zero attached hydrogens (tertiary/aromatic N) is 1. The number of nitrogens with one attached hydrogen (secondary N) is 1. The van der Waals surface area contributed by atoms with Gasteiger partial charge in [-0.2, -0.15) is 0 Å². The molecule has 20 heavy (non-hydrogen) atoms. The molecule has 5 heteroatoms. The van der Waals surface area contributed by atoms with Gasteiger partial charge in [-0.15, -0.1) is 0 Å². The average Bonchev–Trinajstić information content (AvgIpc) is 2.35. The van der Waals surface area contributed by atoms with E-state index in [1.807, 2.05) is 20.8 Å². The number of likely N-dealkylation sites (tertiary alicyclic amines) is 1. The molecule has 1 amide bonds. The standard InChI is InChI=1S/C15H28N2O3/c1-14(2,3)16-9-12(18)17-8-6-7-11(10-17)15(4,5)13(19)20/h11,16H,6-10H2,1-5H3,(H,19,20). The predicted octanol–water partition coefficient (Wildman–Crippen LogP) is 1.72. The van der Waals surface area contributed by atoms with E-state index in [1.165, 1.54) is 0 Å². The maximum atomic E-state index is 12.2. The van der Waals surface area contributed by atoms with Crippen LogP contribution in [0.25, 0.3) is 0 Å². The molecule has 0 bridgehead atoms. The van der Waals surface area contributed by atoms with Crippen molar-refractivity contribution in [3.05, 3.63) is 0 Å². The van der Waals surface area contributed by atoms with Crippen LogP contribution in [0.15, 0.2) is 0 Å². The van der Waals surface area contributed by atoms with Crippen molar-refractivity contribution in [3.8, 4) is 0 Å². The van der Waals surface area contributed by atoms with Crippen molar-refractivity contribution in [2.75, 3.05) is 19.6 Å². The molecule has 1 heterocycles. The van der Waals surface area contributed by atoms with Gasteiger partial charge in [0.2, 0.25) is 5.91 Å². The van der Waals surface area contributed by atoms with E-state index in [0.717, 1.165) is 19.4 Å². The number of carbonyl (C=O) groups is 2. The number of aliphatic carboxylic acids is 1. The maximum absolute atomic E-state index is 12.2. The predicted molar refractivity (Wildman–Crippen MR) is 78.5 cm³/mol. The molecule has 5 nitrogen and oxygen atoms in total. The molecule has 1 atom stereocenters. The fourth-order valence-corrected chi connectivity index (χ4v) is 2.42. The normalized spacial score (nSPS) is 20.9. The Morgan fingerprint density at radius 2 is 1.85 bits per heavy atom. The first kappa shape index (κ1) is 17.0. The SMILES string of the molecule is CC(C)(C)NCC(=O)N1CCCC(C(C)(C)C(=O)O)C1. The number of rotatable bonds is 4. The molecule has 116 valence electrons. The van der Waals surface area contributed by atoms with Crippen LogP contribution in [0.4, 0.5) is 0 Å². The van der Waals surface area contributed by atoms with Crippen LogP contribution in [0.2, 0.25) is 0 Å². The van der Waals surface area contributed by atoms with Crippen molar-refractivity contribution < 1.29 is 14.7 Å². The Balaban J connectivity index is 2.61. The topological polar surface area (TPSA) is 69.6 Å². The van der Waals surface area contributed by atoms with Crippen molar-refractivity contribution >= 4 is 11.9 Å². The highest BCUT2D eigenvalue weighted by atomic mass is 16.4. The number of carboxylic acids is 1. The average molecular weight is 284 g/mol. The summed E-state index contributed by atoms with van der Waals surface area (Å²) in [6, 6.07) is 0. The van der Waals surface area contributed by atoms with E-state index < -0.39 is 11.4 Å². The highest BCUT2D eigenvalue weighted by molar-refractivity contribution is 5.79. The van der Waals surface area contributed by atoms with E-state index in [0.29, 0.717) is 13.1 Å². The molecule has 0 aromatic heterocycles. The minimum absolute atomic E-state index is 0.0207. The molecule has 2 N–H and O–H groups in total. The fraction of sp³-hybridized carbons (Fsp3) is 0.867. The minimum Gasteiger partial charge on any atom is -0.481 e. The van der Waals surface area contributed by atoms with Crippen LogP contribution in [0, 0.1) is 11.3 Å². The molecule has 1 unspecified atom stereocenters. The third kappa shape index (κ3) is 4.47. The van der Waals surface area contributed by atoms with Gasteiger partial charge in [0.25, 0.3) is 0 Å². The lowest BCUT2D eigenvalue weighted by Gasteiger charge is -2.39. The molecule has 0 aromatic rings. The summed E-state index contributed by atoms with van der Waals surface area (Å²) in [5.41, 5.74) is -0.873. The molecule has 0 spiro atoms. The molecule has 0 saturated carbocycles. The second kappa shape index (κ2) is 6.12. The zero-order valence-electron chi connectivity index (χ0n) is 13.3. The largest absolute Gasteiger partial charge is 0.481 e. The number of piperidine rings is 1. The summed E-state index contributed by atoms with van der Waals surface area (Å²) in [7, 11) is 0. The van der Waals surface area contributed by atoms with Gasteiger partial charge in [-0.05, 0) is 53.4 Å². The number of hydrogen-bond acceptors (Lipinski definition) is 3. The van der Waals surface area contributed by atoms with Gasteiger partial charge in [0.05, 0.1) is 12.0 Å². The zero-order chi connectivity index (χ0) is 15.6. The Hall–Kier alpha value is -1.10. The molecule has 1 aliphatic rings. The Morgan fingerprint density at radius 3 is 2.35 bits per heavy atom. The van der Waals surface area contributed by atoms with Gasteiger partial charge in [0.1, 0.15) is 0 Å². The van der Waals surface area contributed by atoms with Crippen LogP contribution in [0.3, 0.4) is 0 Å². The van der Waals surface area contributed by atoms with Crippen LogP contribution in [0.5, 0.6) is 0 Å². The lowest BCUT2D eigenvalue weighted by atomic mass is 9.74. The zero-order valence-corrected chi connectivity index (χ0v) is 13.3. The summed E-state index contributed by atoms with van der Waals surface area (Å²) in [5.74, 6) is -0.706. The highest BCUT2D eigenvalue weighted by Gasteiger charge is 2.39. The Bertz CT molecular complexity index is 372. The number of carboxylic acid groups (broad SMARTS) is 1. The number of carbonyl (C=O) groups excluding carboxylic acids is 1. The van der Waals surface area contributed by atoms with Gasteiger partial charge in [0.15, 0.2) is 0 Å². The van der Waals surface area contributed by atoms with Crippen molar-refractivity contribution in [3.63, 3.8) is 0 Å². The third-order valence-corrected chi connectivity index (χ3v) is 4.12. The third-order valence-electron chi connectivity index (χ3n) is 4.12. The molecule has 1 saturated heterocycles. The van der Waals surface area contributed by atoms with Crippen LogP contribution < -0.4 is 5.32 Å². The Morgan fingerprint density at radius 1 is 1.25 bits per heavy atom. The number of hydrogen-bond donors (Lipinski definition) is 2. The lowest BCUT2D eigenvalue weighted by molar-refractivity contribution is -0.153. The second-order valence-electron chi connectivity index (χ2n) is 7.31. The van der Waals surface area contributed by atoms with Crippen molar-refractivity contribution in [2.24, 2.45) is 11.3 Å². The lowest BCUT2D eigenvalue weighted by Crippen LogP contribution is -2.50. The first-order valence-corrected chi connectivity index (χ1v) is 7.30. The van der Waals surface area contributed by atoms with Gasteiger partial charge >= 0.3 is 5.97 Å². The molecular weight excluding hydrogens is 256 g/mol. The molecule has 1 fully saturated rings. The summed E-state index contributed by atoms with van der Waals surface area (Å²) in [6.45, 7) is 11.2. The first-order chi connectivity index (χ1) is 9.04. The Kier molecular flexibility index (Phi) is 5.19. The smallest absolute Gasteiger partial charge is 0.309 e.